The number of hydrogen-bond acceptors (Lipinski definition) is 5. The van der Waals surface area contributed by atoms with E-state index in [4.69, 9.17) is 0 Å². The highest BCUT2D eigenvalue weighted by Crippen LogP contribution is 2.25. The van der Waals surface area contributed by atoms with E-state index in [2.05, 4.69) is 6.92 Å². The highest BCUT2D eigenvalue weighted by Gasteiger charge is 2.46. The number of hydrogen-bond donors (Lipinski definition) is 4. The molecule has 1 heterocycles. The van der Waals surface area contributed by atoms with E-state index >= 15 is 0 Å². The first kappa shape index (κ1) is 14.9. The zero-order chi connectivity index (χ0) is 12.8. The third-order valence-corrected chi connectivity index (χ3v) is 3.63. The van der Waals surface area contributed by atoms with E-state index in [0.29, 0.717) is 6.54 Å². The van der Waals surface area contributed by atoms with Crippen molar-refractivity contribution in [1.29, 1.82) is 0 Å². The van der Waals surface area contributed by atoms with E-state index in [1.165, 1.54) is 0 Å². The minimum atomic E-state index is -0.969. The van der Waals surface area contributed by atoms with Gasteiger partial charge in [-0.3, -0.25) is 4.90 Å². The number of unbranched alkanes of at least 4 members (excludes halogenated alkanes) is 3. The topological polar surface area (TPSA) is 84.2 Å². The van der Waals surface area contributed by atoms with E-state index in [9.17, 15) is 20.4 Å². The average molecular weight is 247 g/mol. The average Bonchev–Trinajstić information content (AvgIpc) is 2.57. The predicted octanol–water partition coefficient (Wildman–Crippen LogP) is -0.674. The Balaban J connectivity index is 2.52. The van der Waals surface area contributed by atoms with Crippen LogP contribution >= 0.6 is 0 Å². The van der Waals surface area contributed by atoms with Gasteiger partial charge in [-0.15, -0.1) is 0 Å². The zero-order valence-corrected chi connectivity index (χ0v) is 10.5. The maximum atomic E-state index is 9.77. The lowest BCUT2D eigenvalue weighted by Gasteiger charge is -2.28. The van der Waals surface area contributed by atoms with Crippen LogP contribution in [0.3, 0.4) is 0 Å². The quantitative estimate of drug-likeness (QED) is 0.448. The van der Waals surface area contributed by atoms with Gasteiger partial charge in [0.05, 0.1) is 37.5 Å². The summed E-state index contributed by atoms with van der Waals surface area (Å²) in [5, 5.41) is 38.0. The van der Waals surface area contributed by atoms with Crippen molar-refractivity contribution in [3.8, 4) is 0 Å². The summed E-state index contributed by atoms with van der Waals surface area (Å²) in [6, 6.07) is -0.910. The Labute approximate surface area is 103 Å². The first-order valence-electron chi connectivity index (χ1n) is 6.51. The van der Waals surface area contributed by atoms with Crippen molar-refractivity contribution >= 4 is 0 Å². The van der Waals surface area contributed by atoms with Crippen molar-refractivity contribution in [2.24, 2.45) is 0 Å². The van der Waals surface area contributed by atoms with Crippen molar-refractivity contribution in [2.45, 2.75) is 56.9 Å². The second kappa shape index (κ2) is 7.28. The van der Waals surface area contributed by atoms with E-state index in [-0.39, 0.29) is 13.2 Å². The number of aliphatic hydroxyl groups is 4. The summed E-state index contributed by atoms with van der Waals surface area (Å²) in [5.41, 5.74) is 0. The molecule has 0 radical (unpaired) electrons. The Kier molecular flexibility index (Phi) is 6.37. The molecule has 0 spiro atoms. The molecular formula is C12H25NO4. The maximum absolute atomic E-state index is 9.77. The van der Waals surface area contributed by atoms with Crippen molar-refractivity contribution in [3.63, 3.8) is 0 Å². The number of nitrogens with zero attached hydrogens (tertiary/aromatic N) is 1. The lowest BCUT2D eigenvalue weighted by atomic mass is 10.1. The molecule has 0 aromatic carbocycles. The minimum absolute atomic E-state index is 0.192. The van der Waals surface area contributed by atoms with E-state index in [1.54, 1.807) is 0 Å². The van der Waals surface area contributed by atoms with Gasteiger partial charge in [-0.05, 0) is 13.0 Å². The van der Waals surface area contributed by atoms with Crippen LogP contribution in [0.15, 0.2) is 0 Å². The molecule has 5 heteroatoms. The van der Waals surface area contributed by atoms with Gasteiger partial charge in [0.15, 0.2) is 0 Å². The fraction of sp³-hybridized carbons (Fsp3) is 1.00. The molecule has 4 unspecified atom stereocenters. The van der Waals surface area contributed by atoms with Gasteiger partial charge in [0.1, 0.15) is 0 Å². The molecule has 102 valence electrons. The van der Waals surface area contributed by atoms with E-state index < -0.39 is 24.3 Å². The molecular weight excluding hydrogens is 222 g/mol. The first-order valence-corrected chi connectivity index (χ1v) is 6.51. The van der Waals surface area contributed by atoms with E-state index in [0.717, 1.165) is 25.7 Å². The van der Waals surface area contributed by atoms with Gasteiger partial charge >= 0.3 is 0 Å². The molecule has 1 rings (SSSR count). The van der Waals surface area contributed by atoms with Gasteiger partial charge < -0.3 is 20.4 Å². The molecule has 4 atom stereocenters. The normalized spacial score (nSPS) is 34.4. The van der Waals surface area contributed by atoms with Crippen LogP contribution in [-0.4, -0.2) is 69.4 Å². The van der Waals surface area contributed by atoms with Crippen LogP contribution in [0.25, 0.3) is 0 Å². The largest absolute Gasteiger partial charge is 0.395 e. The van der Waals surface area contributed by atoms with Gasteiger partial charge in [-0.25, -0.2) is 0 Å². The van der Waals surface area contributed by atoms with Gasteiger partial charge in [0.2, 0.25) is 0 Å². The number of aliphatic hydroxyl groups excluding tert-OH is 4. The van der Waals surface area contributed by atoms with Crippen molar-refractivity contribution in [3.05, 3.63) is 0 Å². The molecule has 1 aliphatic heterocycles. The summed E-state index contributed by atoms with van der Waals surface area (Å²) in [6.07, 6.45) is 2.42. The molecule has 1 fully saturated rings. The Morgan fingerprint density at radius 2 is 1.41 bits per heavy atom. The van der Waals surface area contributed by atoms with Crippen LogP contribution in [0, 0.1) is 0 Å². The first-order chi connectivity index (χ1) is 8.17. The highest BCUT2D eigenvalue weighted by atomic mass is 16.3. The van der Waals surface area contributed by atoms with Crippen molar-refractivity contribution in [1.82, 2.24) is 4.90 Å². The molecule has 5 nitrogen and oxygen atoms in total. The summed E-state index contributed by atoms with van der Waals surface area (Å²) in [6.45, 7) is 2.45. The summed E-state index contributed by atoms with van der Waals surface area (Å²) in [4.78, 5) is 1.84. The molecule has 1 saturated heterocycles. The number of likely N-dealkylation sites (tertiary alicyclic amines) is 1. The fourth-order valence-electron chi connectivity index (χ4n) is 2.57. The van der Waals surface area contributed by atoms with Crippen LogP contribution in [-0.2, 0) is 0 Å². The molecule has 1 aliphatic rings. The second-order valence-corrected chi connectivity index (χ2v) is 4.78. The van der Waals surface area contributed by atoms with Crippen LogP contribution in [0.2, 0.25) is 0 Å². The maximum Gasteiger partial charge on any atom is 0.0992 e. The van der Waals surface area contributed by atoms with E-state index in [1.807, 2.05) is 4.90 Å². The summed E-state index contributed by atoms with van der Waals surface area (Å²) in [7, 11) is 0. The molecule has 0 amide bonds. The molecule has 0 aromatic heterocycles. The highest BCUT2D eigenvalue weighted by molar-refractivity contribution is 5.00. The monoisotopic (exact) mass is 247 g/mol. The van der Waals surface area contributed by atoms with Crippen LogP contribution in [0.1, 0.15) is 32.6 Å². The molecule has 4 N–H and O–H groups in total. The summed E-state index contributed by atoms with van der Waals surface area (Å²) in [5.74, 6) is 0. The smallest absolute Gasteiger partial charge is 0.0992 e. The van der Waals surface area contributed by atoms with Gasteiger partial charge in [-0.1, -0.05) is 26.2 Å². The minimum Gasteiger partial charge on any atom is -0.395 e. The zero-order valence-electron chi connectivity index (χ0n) is 10.5. The Hall–Kier alpha value is -0.200. The second-order valence-electron chi connectivity index (χ2n) is 4.78. The van der Waals surface area contributed by atoms with Crippen LogP contribution in [0.5, 0.6) is 0 Å². The SMILES string of the molecule is CCCCCCN1C(CO)C(O)C(O)C1CO. The Morgan fingerprint density at radius 1 is 0.882 bits per heavy atom. The van der Waals surface area contributed by atoms with Crippen LogP contribution < -0.4 is 0 Å². The third-order valence-electron chi connectivity index (χ3n) is 3.63. The lowest BCUT2D eigenvalue weighted by molar-refractivity contribution is 0.0130. The Morgan fingerprint density at radius 3 is 1.82 bits per heavy atom. The molecule has 0 bridgehead atoms. The lowest BCUT2D eigenvalue weighted by Crippen LogP contribution is -2.43. The third kappa shape index (κ3) is 3.39. The fourth-order valence-corrected chi connectivity index (χ4v) is 2.57. The van der Waals surface area contributed by atoms with Gasteiger partial charge in [0, 0.05) is 0 Å². The van der Waals surface area contributed by atoms with Crippen LogP contribution in [0.4, 0.5) is 0 Å². The van der Waals surface area contributed by atoms with Crippen molar-refractivity contribution in [2.75, 3.05) is 19.8 Å². The molecule has 0 saturated carbocycles. The van der Waals surface area contributed by atoms with Gasteiger partial charge in [0.25, 0.3) is 0 Å². The predicted molar refractivity (Wildman–Crippen MR) is 64.6 cm³/mol. The molecule has 17 heavy (non-hydrogen) atoms. The van der Waals surface area contributed by atoms with Gasteiger partial charge in [-0.2, -0.15) is 0 Å². The van der Waals surface area contributed by atoms with Crippen molar-refractivity contribution < 1.29 is 20.4 Å². The molecule has 0 aromatic rings. The Bertz CT molecular complexity index is 199. The molecule has 0 aliphatic carbocycles. The number of rotatable bonds is 7. The standard InChI is InChI=1S/C12H25NO4/c1-2-3-4-5-6-13-9(7-14)11(16)12(17)10(13)8-15/h9-12,14-17H,2-8H2,1H3. The summed E-state index contributed by atoms with van der Waals surface area (Å²) >= 11 is 0. The summed E-state index contributed by atoms with van der Waals surface area (Å²) < 4.78 is 0.